The molecule has 0 aliphatic carbocycles. The van der Waals surface area contributed by atoms with Crippen LogP contribution in [0.1, 0.15) is 51.4 Å². The van der Waals surface area contributed by atoms with Crippen molar-refractivity contribution < 1.29 is 19.1 Å². The van der Waals surface area contributed by atoms with Crippen LogP contribution < -0.4 is 15.4 Å². The zero-order chi connectivity index (χ0) is 24.3. The molecule has 2 atom stereocenters. The smallest absolute Gasteiger partial charge is 0.410 e. The molecule has 9 nitrogen and oxygen atoms in total. The predicted octanol–water partition coefficient (Wildman–Crippen LogP) is 3.16. The molecule has 11 heteroatoms. The number of anilines is 1. The number of carbonyl (C=O) groups excluding carboxylic acids is 2. The highest BCUT2D eigenvalue weighted by Gasteiger charge is 2.45. The summed E-state index contributed by atoms with van der Waals surface area (Å²) in [5.41, 5.74) is 5.60. The van der Waals surface area contributed by atoms with Crippen molar-refractivity contribution in [3.8, 4) is 5.75 Å². The SMILES string of the molecule is CC(C)(C)OC(=O)N1CCN2C(=O)c3c(N4CCC(N)C4(C)C)nc(Cl)c(Cl)c3OC[C@H]2C1. The highest BCUT2D eigenvalue weighted by Crippen LogP contribution is 2.44. The fourth-order valence-electron chi connectivity index (χ4n) is 4.60. The Morgan fingerprint density at radius 2 is 1.94 bits per heavy atom. The first kappa shape index (κ1) is 24.2. The maximum absolute atomic E-state index is 13.8. The van der Waals surface area contributed by atoms with Gasteiger partial charge in [0.15, 0.2) is 10.9 Å². The van der Waals surface area contributed by atoms with Gasteiger partial charge in [-0.25, -0.2) is 9.78 Å². The van der Waals surface area contributed by atoms with Gasteiger partial charge in [0.05, 0.1) is 11.6 Å². The summed E-state index contributed by atoms with van der Waals surface area (Å²) in [4.78, 5) is 36.3. The number of hydrogen-bond donors (Lipinski definition) is 1. The molecule has 182 valence electrons. The van der Waals surface area contributed by atoms with E-state index in [9.17, 15) is 9.59 Å². The molecule has 0 aromatic carbocycles. The highest BCUT2D eigenvalue weighted by atomic mass is 35.5. The van der Waals surface area contributed by atoms with Crippen molar-refractivity contribution in [1.82, 2.24) is 14.8 Å². The van der Waals surface area contributed by atoms with Crippen LogP contribution in [-0.4, -0.2) is 82.8 Å². The molecule has 3 aliphatic heterocycles. The van der Waals surface area contributed by atoms with E-state index in [-0.39, 0.29) is 40.5 Å². The molecule has 4 heterocycles. The van der Waals surface area contributed by atoms with E-state index in [1.807, 2.05) is 39.5 Å². The summed E-state index contributed by atoms with van der Waals surface area (Å²) >= 11 is 12.8. The lowest BCUT2D eigenvalue weighted by Gasteiger charge is -2.40. The molecule has 2 amide bonds. The standard InChI is InChI=1S/C22H31Cl2N5O4/c1-21(2,3)33-20(31)27-8-9-28-12(10-27)11-32-16-14(19(28)30)18(26-17(24)15(16)23)29-7-6-13(25)22(29,4)5/h12-13H,6-11,25H2,1-5H3/t12-,13?/m1/s1. The van der Waals surface area contributed by atoms with Crippen LogP contribution in [-0.2, 0) is 4.74 Å². The molecule has 33 heavy (non-hydrogen) atoms. The Bertz CT molecular complexity index is 981. The van der Waals surface area contributed by atoms with Crippen molar-refractivity contribution in [2.75, 3.05) is 37.7 Å². The molecule has 3 aliphatic rings. The Hall–Kier alpha value is -1.97. The summed E-state index contributed by atoms with van der Waals surface area (Å²) in [6, 6.07) is -0.445. The number of piperazine rings is 1. The third-order valence-corrected chi connectivity index (χ3v) is 7.31. The number of fused-ring (bicyclic) bond motifs is 2. The topological polar surface area (TPSA) is 101 Å². The number of halogens is 2. The van der Waals surface area contributed by atoms with Gasteiger partial charge in [-0.05, 0) is 41.0 Å². The number of carbonyl (C=O) groups is 2. The molecule has 1 aromatic rings. The minimum absolute atomic E-state index is 0.0738. The van der Waals surface area contributed by atoms with Gasteiger partial charge in [0.25, 0.3) is 5.91 Å². The van der Waals surface area contributed by atoms with Crippen LogP contribution in [0, 0.1) is 0 Å². The number of aromatic nitrogens is 1. The summed E-state index contributed by atoms with van der Waals surface area (Å²) in [5, 5.41) is 0.179. The Labute approximate surface area is 204 Å². The Balaban J connectivity index is 1.68. The number of rotatable bonds is 1. The van der Waals surface area contributed by atoms with E-state index in [1.54, 1.807) is 9.80 Å². The number of ether oxygens (including phenoxy) is 2. The zero-order valence-electron chi connectivity index (χ0n) is 19.7. The second-order valence-electron chi connectivity index (χ2n) is 10.3. The molecular weight excluding hydrogens is 469 g/mol. The van der Waals surface area contributed by atoms with E-state index in [1.165, 1.54) is 0 Å². The third-order valence-electron chi connectivity index (χ3n) is 6.59. The lowest BCUT2D eigenvalue weighted by Crippen LogP contribution is -2.58. The van der Waals surface area contributed by atoms with Crippen LogP contribution in [0.15, 0.2) is 0 Å². The summed E-state index contributed by atoms with van der Waals surface area (Å²) in [7, 11) is 0. The second kappa shape index (κ2) is 8.36. The lowest BCUT2D eigenvalue weighted by atomic mass is 9.96. The quantitative estimate of drug-likeness (QED) is 0.592. The average molecular weight is 500 g/mol. The summed E-state index contributed by atoms with van der Waals surface area (Å²) in [5.74, 6) is 0.414. The van der Waals surface area contributed by atoms with Gasteiger partial charge in [-0.1, -0.05) is 23.2 Å². The first-order valence-electron chi connectivity index (χ1n) is 11.1. The van der Waals surface area contributed by atoms with Gasteiger partial charge in [0, 0.05) is 32.2 Å². The highest BCUT2D eigenvalue weighted by molar-refractivity contribution is 6.42. The first-order valence-corrected chi connectivity index (χ1v) is 11.9. The maximum atomic E-state index is 13.8. The normalized spacial score (nSPS) is 24.7. The number of hydrogen-bond acceptors (Lipinski definition) is 7. The number of amides is 2. The monoisotopic (exact) mass is 499 g/mol. The van der Waals surface area contributed by atoms with Gasteiger partial charge >= 0.3 is 6.09 Å². The van der Waals surface area contributed by atoms with E-state index in [0.29, 0.717) is 37.6 Å². The van der Waals surface area contributed by atoms with Crippen LogP contribution >= 0.6 is 23.2 Å². The molecule has 0 spiro atoms. The van der Waals surface area contributed by atoms with Crippen molar-refractivity contribution in [2.45, 2.75) is 64.3 Å². The number of nitrogens with zero attached hydrogens (tertiary/aromatic N) is 4. The third kappa shape index (κ3) is 4.31. The largest absolute Gasteiger partial charge is 0.489 e. The molecule has 0 radical (unpaired) electrons. The Kier molecular flexibility index (Phi) is 6.12. The molecule has 2 fully saturated rings. The fraction of sp³-hybridized carbons (Fsp3) is 0.682. The molecule has 2 N–H and O–H groups in total. The van der Waals surface area contributed by atoms with Crippen molar-refractivity contribution in [3.63, 3.8) is 0 Å². The first-order chi connectivity index (χ1) is 15.3. The van der Waals surface area contributed by atoms with Gasteiger partial charge in [-0.15, -0.1) is 0 Å². The van der Waals surface area contributed by atoms with Gasteiger partial charge in [0.2, 0.25) is 0 Å². The molecule has 0 bridgehead atoms. The van der Waals surface area contributed by atoms with Gasteiger partial charge in [0.1, 0.15) is 28.6 Å². The van der Waals surface area contributed by atoms with E-state index >= 15 is 0 Å². The van der Waals surface area contributed by atoms with Crippen molar-refractivity contribution in [1.29, 1.82) is 0 Å². The van der Waals surface area contributed by atoms with E-state index in [4.69, 9.17) is 38.4 Å². The van der Waals surface area contributed by atoms with Gasteiger partial charge in [-0.3, -0.25) is 4.79 Å². The van der Waals surface area contributed by atoms with E-state index in [0.717, 1.165) is 6.42 Å². The summed E-state index contributed by atoms with van der Waals surface area (Å²) in [6.07, 6.45) is 0.350. The van der Waals surface area contributed by atoms with Crippen molar-refractivity contribution >= 4 is 41.0 Å². The summed E-state index contributed by atoms with van der Waals surface area (Å²) < 4.78 is 11.6. The van der Waals surface area contributed by atoms with Crippen LogP contribution in [0.25, 0.3) is 0 Å². The molecular formula is C22H31Cl2N5O4. The predicted molar refractivity (Wildman–Crippen MR) is 126 cm³/mol. The van der Waals surface area contributed by atoms with Crippen LogP contribution in [0.3, 0.4) is 0 Å². The van der Waals surface area contributed by atoms with Crippen molar-refractivity contribution in [2.24, 2.45) is 5.73 Å². The van der Waals surface area contributed by atoms with Crippen LogP contribution in [0.4, 0.5) is 10.6 Å². The maximum Gasteiger partial charge on any atom is 0.410 e. The van der Waals surface area contributed by atoms with Crippen LogP contribution in [0.2, 0.25) is 10.2 Å². The van der Waals surface area contributed by atoms with E-state index in [2.05, 4.69) is 4.98 Å². The zero-order valence-corrected chi connectivity index (χ0v) is 21.2. The van der Waals surface area contributed by atoms with Crippen molar-refractivity contribution in [3.05, 3.63) is 15.7 Å². The van der Waals surface area contributed by atoms with Gasteiger partial charge < -0.3 is 29.9 Å². The molecule has 4 rings (SSSR count). The van der Waals surface area contributed by atoms with Gasteiger partial charge in [-0.2, -0.15) is 0 Å². The molecule has 1 aromatic heterocycles. The minimum Gasteiger partial charge on any atom is -0.489 e. The summed E-state index contributed by atoms with van der Waals surface area (Å²) in [6.45, 7) is 11.3. The fourth-order valence-corrected chi connectivity index (χ4v) is 4.95. The minimum atomic E-state index is -0.603. The van der Waals surface area contributed by atoms with Crippen LogP contribution in [0.5, 0.6) is 5.75 Å². The number of nitrogens with two attached hydrogens (primary N) is 1. The van der Waals surface area contributed by atoms with E-state index < -0.39 is 17.2 Å². The number of pyridine rings is 1. The molecule has 1 unspecified atom stereocenters. The molecule has 0 saturated carbocycles. The Morgan fingerprint density at radius 3 is 2.55 bits per heavy atom. The Morgan fingerprint density at radius 1 is 1.24 bits per heavy atom. The molecule has 2 saturated heterocycles. The lowest BCUT2D eigenvalue weighted by molar-refractivity contribution is 0.000953. The average Bonchev–Trinajstić information content (AvgIpc) is 2.89. The second-order valence-corrected chi connectivity index (χ2v) is 11.1.